The summed E-state index contributed by atoms with van der Waals surface area (Å²) in [5.41, 5.74) is -1.87. The van der Waals surface area contributed by atoms with Crippen LogP contribution >= 0.6 is 15.2 Å². The largest absolute Gasteiger partial charge is 0.360 e. The minimum absolute atomic E-state index is 0.262. The van der Waals surface area contributed by atoms with Crippen LogP contribution in [0.15, 0.2) is 12.3 Å². The van der Waals surface area contributed by atoms with E-state index in [1.165, 1.54) is 12.3 Å². The summed E-state index contributed by atoms with van der Waals surface area (Å²) in [5, 5.41) is 1.95. The molecule has 0 fully saturated rings. The summed E-state index contributed by atoms with van der Waals surface area (Å²) in [6, 6.07) is 1.52. The molecule has 5 N–H and O–H groups in total. The lowest BCUT2D eigenvalue weighted by molar-refractivity contribution is 0.343. The Labute approximate surface area is 96.3 Å². The summed E-state index contributed by atoms with van der Waals surface area (Å²) in [4.78, 5) is 42.7. The molecule has 0 aromatic carbocycles. The van der Waals surface area contributed by atoms with E-state index in [0.29, 0.717) is 5.69 Å². The number of hydrogen-bond acceptors (Lipinski definition) is 5. The zero-order valence-corrected chi connectivity index (χ0v) is 10.4. The molecule has 1 rings (SSSR count). The second kappa shape index (κ2) is 4.81. The highest BCUT2D eigenvalue weighted by molar-refractivity contribution is 7.71. The van der Waals surface area contributed by atoms with E-state index in [0.717, 1.165) is 0 Å². The van der Waals surface area contributed by atoms with Crippen molar-refractivity contribution in [3.63, 3.8) is 0 Å². The number of rotatable bonds is 4. The SMILES string of the molecule is Cc1ccnc(NC(P(=O)(O)O)P(=O)(O)O)n1. The van der Waals surface area contributed by atoms with Crippen molar-refractivity contribution >= 4 is 21.1 Å². The van der Waals surface area contributed by atoms with E-state index in [1.807, 2.05) is 5.32 Å². The second-order valence-corrected chi connectivity index (χ2v) is 7.01. The third-order valence-corrected chi connectivity index (χ3v) is 5.03. The fourth-order valence-electron chi connectivity index (χ4n) is 0.998. The topological polar surface area (TPSA) is 153 Å². The lowest BCUT2D eigenvalue weighted by atomic mass is 10.5. The van der Waals surface area contributed by atoms with Crippen LogP contribution in [0.2, 0.25) is 0 Å². The maximum atomic E-state index is 11.0. The molecule has 0 aliphatic heterocycles. The van der Waals surface area contributed by atoms with E-state index in [2.05, 4.69) is 9.97 Å². The van der Waals surface area contributed by atoms with Crippen LogP contribution in [0.1, 0.15) is 5.69 Å². The number of anilines is 1. The maximum absolute atomic E-state index is 11.0. The van der Waals surface area contributed by atoms with Gasteiger partial charge in [0.05, 0.1) is 0 Å². The lowest BCUT2D eigenvalue weighted by Gasteiger charge is -2.20. The number of nitrogens with zero attached hydrogens (tertiary/aromatic N) is 2. The summed E-state index contributed by atoms with van der Waals surface area (Å²) >= 11 is 0. The van der Waals surface area contributed by atoms with E-state index < -0.39 is 20.7 Å². The average Bonchev–Trinajstić information content (AvgIpc) is 2.10. The van der Waals surface area contributed by atoms with Crippen LogP contribution in [0.25, 0.3) is 0 Å². The van der Waals surface area contributed by atoms with Crippen molar-refractivity contribution < 1.29 is 28.7 Å². The molecule has 0 bridgehead atoms. The maximum Gasteiger partial charge on any atom is 0.360 e. The van der Waals surface area contributed by atoms with Crippen molar-refractivity contribution in [3.8, 4) is 0 Å². The van der Waals surface area contributed by atoms with Gasteiger partial charge < -0.3 is 24.9 Å². The van der Waals surface area contributed by atoms with Crippen molar-refractivity contribution in [2.75, 3.05) is 5.32 Å². The Kier molecular flexibility index (Phi) is 4.03. The van der Waals surface area contributed by atoms with Crippen molar-refractivity contribution in [2.24, 2.45) is 0 Å². The van der Waals surface area contributed by atoms with Gasteiger partial charge in [-0.3, -0.25) is 9.13 Å². The van der Waals surface area contributed by atoms with Crippen molar-refractivity contribution in [3.05, 3.63) is 18.0 Å². The number of aryl methyl sites for hydroxylation is 1. The van der Waals surface area contributed by atoms with E-state index in [9.17, 15) is 9.13 Å². The summed E-state index contributed by atoms with van der Waals surface area (Å²) in [6.45, 7) is 1.59. The monoisotopic (exact) mass is 283 g/mol. The van der Waals surface area contributed by atoms with Gasteiger partial charge in [0.2, 0.25) is 11.5 Å². The Hall–Kier alpha value is -0.820. The number of hydrogen-bond donors (Lipinski definition) is 5. The Morgan fingerprint density at radius 3 is 2.18 bits per heavy atom. The molecule has 0 saturated carbocycles. The predicted molar refractivity (Wildman–Crippen MR) is 58.3 cm³/mol. The van der Waals surface area contributed by atoms with Crippen LogP contribution in [0.5, 0.6) is 0 Å². The van der Waals surface area contributed by atoms with Crippen molar-refractivity contribution in [1.82, 2.24) is 9.97 Å². The molecule has 0 amide bonds. The zero-order valence-electron chi connectivity index (χ0n) is 8.63. The standard InChI is InChI=1S/C6H11N3O6P2/c1-4-2-3-7-5(8-4)9-6(16(10,11)12)17(13,14)15/h2-3,6H,1H3,(H,7,8,9)(H2,10,11,12)(H2,13,14,15). The molecule has 0 saturated heterocycles. The molecule has 1 aromatic heterocycles. The van der Waals surface area contributed by atoms with Crippen LogP contribution in [0, 0.1) is 6.92 Å². The normalized spacial score (nSPS) is 12.8. The van der Waals surface area contributed by atoms with Crippen LogP contribution in [-0.4, -0.2) is 35.1 Å². The first-order chi connectivity index (χ1) is 7.60. The van der Waals surface area contributed by atoms with E-state index >= 15 is 0 Å². The third kappa shape index (κ3) is 4.16. The first kappa shape index (κ1) is 14.2. The van der Waals surface area contributed by atoms with Gasteiger partial charge in [0, 0.05) is 11.9 Å². The van der Waals surface area contributed by atoms with Gasteiger partial charge in [-0.05, 0) is 13.0 Å². The first-order valence-electron chi connectivity index (χ1n) is 4.27. The molecule has 17 heavy (non-hydrogen) atoms. The number of aromatic nitrogens is 2. The van der Waals surface area contributed by atoms with E-state index in [-0.39, 0.29) is 5.95 Å². The van der Waals surface area contributed by atoms with Crippen LogP contribution in [0.3, 0.4) is 0 Å². The Morgan fingerprint density at radius 1 is 1.24 bits per heavy atom. The molecule has 1 aromatic rings. The summed E-state index contributed by atoms with van der Waals surface area (Å²) in [6.07, 6.45) is 1.29. The molecule has 0 aliphatic rings. The number of nitrogens with one attached hydrogen (secondary N) is 1. The minimum Gasteiger partial charge on any atom is -0.330 e. The molecule has 0 radical (unpaired) electrons. The highest BCUT2D eigenvalue weighted by atomic mass is 31.2. The van der Waals surface area contributed by atoms with Crippen LogP contribution in [0.4, 0.5) is 5.95 Å². The molecular weight excluding hydrogens is 272 g/mol. The summed E-state index contributed by atoms with van der Waals surface area (Å²) < 4.78 is 21.9. The molecule has 0 unspecified atom stereocenters. The first-order valence-corrected chi connectivity index (χ1v) is 7.63. The fourth-order valence-corrected chi connectivity index (χ4v) is 3.13. The third-order valence-electron chi connectivity index (χ3n) is 1.69. The quantitative estimate of drug-likeness (QED) is 0.474. The molecule has 96 valence electrons. The lowest BCUT2D eigenvalue weighted by Crippen LogP contribution is -2.21. The highest BCUT2D eigenvalue weighted by Crippen LogP contribution is 2.59. The van der Waals surface area contributed by atoms with Crippen molar-refractivity contribution in [1.29, 1.82) is 0 Å². The Morgan fingerprint density at radius 2 is 1.76 bits per heavy atom. The molecule has 11 heteroatoms. The molecule has 0 spiro atoms. The van der Waals surface area contributed by atoms with Gasteiger partial charge in [-0.15, -0.1) is 0 Å². The van der Waals surface area contributed by atoms with Crippen molar-refractivity contribution in [2.45, 2.75) is 12.4 Å². The van der Waals surface area contributed by atoms with Gasteiger partial charge in [-0.1, -0.05) is 0 Å². The van der Waals surface area contributed by atoms with Gasteiger partial charge in [0.1, 0.15) is 0 Å². The Balaban J connectivity index is 3.04. The predicted octanol–water partition coefficient (Wildman–Crippen LogP) is -0.164. The van der Waals surface area contributed by atoms with Crippen LogP contribution in [-0.2, 0) is 9.13 Å². The van der Waals surface area contributed by atoms with Gasteiger partial charge in [0.15, 0.2) is 0 Å². The van der Waals surface area contributed by atoms with E-state index in [1.54, 1.807) is 6.92 Å². The van der Waals surface area contributed by atoms with Gasteiger partial charge in [-0.25, -0.2) is 9.97 Å². The van der Waals surface area contributed by atoms with E-state index in [4.69, 9.17) is 19.6 Å². The Bertz CT molecular complexity index is 474. The molecule has 0 atom stereocenters. The highest BCUT2D eigenvalue weighted by Gasteiger charge is 2.44. The minimum atomic E-state index is -5.03. The van der Waals surface area contributed by atoms with Gasteiger partial charge in [0.25, 0.3) is 0 Å². The molecule has 9 nitrogen and oxygen atoms in total. The molecule has 1 heterocycles. The second-order valence-electron chi connectivity index (χ2n) is 3.22. The molecular formula is C6H11N3O6P2. The van der Waals surface area contributed by atoms with Crippen LogP contribution < -0.4 is 5.32 Å². The molecule has 0 aliphatic carbocycles. The summed E-state index contributed by atoms with van der Waals surface area (Å²) in [5.74, 6) is -0.262. The van der Waals surface area contributed by atoms with Gasteiger partial charge in [-0.2, -0.15) is 0 Å². The smallest absolute Gasteiger partial charge is 0.330 e. The average molecular weight is 283 g/mol. The van der Waals surface area contributed by atoms with Gasteiger partial charge >= 0.3 is 15.2 Å². The fraction of sp³-hybridized carbons (Fsp3) is 0.333. The summed E-state index contributed by atoms with van der Waals surface area (Å²) in [7, 11) is -10.1. The zero-order chi connectivity index (χ0) is 13.3.